The summed E-state index contributed by atoms with van der Waals surface area (Å²) >= 11 is 7.33. The van der Waals surface area contributed by atoms with E-state index in [9.17, 15) is 9.59 Å². The van der Waals surface area contributed by atoms with Crippen LogP contribution in [0.5, 0.6) is 5.75 Å². The first-order chi connectivity index (χ1) is 17.5. The molecule has 2 aromatic carbocycles. The molecule has 3 atom stereocenters. The first-order valence-corrected chi connectivity index (χ1v) is 13.5. The van der Waals surface area contributed by atoms with Crippen LogP contribution in [0.25, 0.3) is 0 Å². The number of ether oxygens (including phenoxy) is 1. The van der Waals surface area contributed by atoms with Gasteiger partial charge >= 0.3 is 0 Å². The number of likely N-dealkylation sites (tertiary alicyclic amines) is 1. The average Bonchev–Trinajstić information content (AvgIpc) is 2.89. The quantitative estimate of drug-likeness (QED) is 0.459. The van der Waals surface area contributed by atoms with Gasteiger partial charge in [-0.25, -0.2) is 0 Å². The van der Waals surface area contributed by atoms with E-state index >= 15 is 0 Å². The van der Waals surface area contributed by atoms with Crippen LogP contribution in [-0.4, -0.2) is 39.4 Å². The minimum atomic E-state index is -0.509. The van der Waals surface area contributed by atoms with Crippen molar-refractivity contribution in [2.45, 2.75) is 31.1 Å². The normalized spacial score (nSPS) is 19.2. The van der Waals surface area contributed by atoms with Crippen LogP contribution in [0.15, 0.2) is 77.6 Å². The number of carbonyl (C=O) groups excluding carboxylic acids is 1. The lowest BCUT2D eigenvalue weighted by Crippen LogP contribution is -2.48. The summed E-state index contributed by atoms with van der Waals surface area (Å²) in [5, 5.41) is 2.55. The Bertz CT molecular complexity index is 1310. The number of hydrogen-bond acceptors (Lipinski definition) is 5. The first-order valence-electron chi connectivity index (χ1n) is 12.3. The Labute approximate surface area is 220 Å². The predicted octanol–water partition coefficient (Wildman–Crippen LogP) is 5.06. The van der Waals surface area contributed by atoms with Gasteiger partial charge in [-0.05, 0) is 43.0 Å². The Morgan fingerprint density at radius 1 is 1.06 bits per heavy atom. The van der Waals surface area contributed by atoms with E-state index in [1.165, 1.54) is 11.8 Å². The van der Waals surface area contributed by atoms with E-state index in [-0.39, 0.29) is 17.4 Å². The molecule has 6 nitrogen and oxygen atoms in total. The minimum absolute atomic E-state index is 0.0701. The van der Waals surface area contributed by atoms with Crippen LogP contribution < -0.4 is 15.6 Å². The number of benzene rings is 2. The molecule has 2 aliphatic rings. The third-order valence-corrected chi connectivity index (χ3v) is 8.47. The Kier molecular flexibility index (Phi) is 7.43. The molecule has 1 N–H and O–H groups in total. The molecule has 1 amide bonds. The number of hydrogen-bond donors (Lipinski definition) is 1. The van der Waals surface area contributed by atoms with Crippen molar-refractivity contribution in [2.24, 2.45) is 5.92 Å². The molecule has 8 heteroatoms. The number of nitrogens with one attached hydrogen (secondary N) is 1. The summed E-state index contributed by atoms with van der Waals surface area (Å²) in [4.78, 5) is 28.2. The van der Waals surface area contributed by atoms with Crippen LogP contribution in [-0.2, 0) is 11.3 Å². The number of para-hydroxylation sites is 2. The molecule has 0 unspecified atom stereocenters. The van der Waals surface area contributed by atoms with Gasteiger partial charge in [0, 0.05) is 37.3 Å². The molecule has 3 heterocycles. The molecule has 1 saturated heterocycles. The van der Waals surface area contributed by atoms with Crippen LogP contribution in [0.3, 0.4) is 0 Å². The minimum Gasteiger partial charge on any atom is -0.492 e. The van der Waals surface area contributed by atoms with Crippen molar-refractivity contribution in [3.63, 3.8) is 0 Å². The molecule has 0 radical (unpaired) electrons. The summed E-state index contributed by atoms with van der Waals surface area (Å²) in [7, 11) is 0. The second kappa shape index (κ2) is 10.9. The zero-order valence-corrected chi connectivity index (χ0v) is 21.8. The molecular formula is C28H29N3O3S2. The standard InChI is InChI=1S/C28H29N3O3S2/c1-2-34-24-13-7-6-11-22(24)29-27(33)26(20-9-4-3-5-10-20)36-28(35)30-16-19-15-21(18-30)23-12-8-14-25(32)31(23)17-19/h3-14,19,21,26H,2,15-18H2,1H3,(H,29,33)/t19-,21+,26-/m1/s1. The lowest BCUT2D eigenvalue weighted by molar-refractivity contribution is -0.115. The van der Waals surface area contributed by atoms with Gasteiger partial charge in [-0.15, -0.1) is 0 Å². The Balaban J connectivity index is 1.35. The van der Waals surface area contributed by atoms with Crippen molar-refractivity contribution < 1.29 is 9.53 Å². The third-order valence-electron chi connectivity index (χ3n) is 6.74. The van der Waals surface area contributed by atoms with Crippen molar-refractivity contribution in [3.05, 3.63) is 94.4 Å². The van der Waals surface area contributed by atoms with Crippen LogP contribution in [0.2, 0.25) is 0 Å². The van der Waals surface area contributed by atoms with Crippen LogP contribution in [0.4, 0.5) is 5.69 Å². The lowest BCUT2D eigenvalue weighted by atomic mass is 9.83. The summed E-state index contributed by atoms with van der Waals surface area (Å²) in [5.41, 5.74) is 2.69. The maximum Gasteiger partial charge on any atom is 0.250 e. The van der Waals surface area contributed by atoms with E-state index in [1.54, 1.807) is 6.07 Å². The molecule has 186 valence electrons. The number of thiocarbonyl (C=S) groups is 1. The second-order valence-corrected chi connectivity index (χ2v) is 10.9. The van der Waals surface area contributed by atoms with E-state index in [2.05, 4.69) is 16.3 Å². The van der Waals surface area contributed by atoms with E-state index in [0.717, 1.165) is 30.8 Å². The highest BCUT2D eigenvalue weighted by Gasteiger charge is 2.36. The molecular weight excluding hydrogens is 490 g/mol. The first kappa shape index (κ1) is 24.6. The number of fused-ring (bicyclic) bond motifs is 4. The molecule has 36 heavy (non-hydrogen) atoms. The summed E-state index contributed by atoms with van der Waals surface area (Å²) in [6.07, 6.45) is 1.06. The number of anilines is 1. The van der Waals surface area contributed by atoms with Gasteiger partial charge in [-0.1, -0.05) is 72.5 Å². The lowest BCUT2D eigenvalue weighted by Gasteiger charge is -2.43. The fourth-order valence-corrected chi connectivity index (χ4v) is 6.57. The SMILES string of the molecule is CCOc1ccccc1NC(=O)[C@H](SC(=S)N1C[C@H]2C[C@@H](C1)c1cccc(=O)n1C2)c1ccccc1. The largest absolute Gasteiger partial charge is 0.492 e. The van der Waals surface area contributed by atoms with Gasteiger partial charge in [0.25, 0.3) is 5.56 Å². The molecule has 3 aromatic rings. The topological polar surface area (TPSA) is 63.6 Å². The van der Waals surface area contributed by atoms with Gasteiger partial charge < -0.3 is 19.5 Å². The highest BCUT2D eigenvalue weighted by molar-refractivity contribution is 8.23. The summed E-state index contributed by atoms with van der Waals surface area (Å²) in [5.74, 6) is 1.12. The molecule has 2 aliphatic heterocycles. The number of thioether (sulfide) groups is 1. The Morgan fingerprint density at radius 2 is 1.83 bits per heavy atom. The number of pyridine rings is 1. The Morgan fingerprint density at radius 3 is 2.64 bits per heavy atom. The van der Waals surface area contributed by atoms with E-state index in [1.807, 2.05) is 72.2 Å². The molecule has 5 rings (SSSR count). The number of carbonyl (C=O) groups is 1. The van der Waals surface area contributed by atoms with E-state index < -0.39 is 5.25 Å². The summed E-state index contributed by atoms with van der Waals surface area (Å²) in [6, 6.07) is 22.7. The monoisotopic (exact) mass is 519 g/mol. The highest BCUT2D eigenvalue weighted by atomic mass is 32.2. The second-order valence-electron chi connectivity index (χ2n) is 9.20. The summed E-state index contributed by atoms with van der Waals surface area (Å²) in [6.45, 7) is 4.69. The molecule has 1 aromatic heterocycles. The molecule has 0 spiro atoms. The van der Waals surface area contributed by atoms with Crippen LogP contribution >= 0.6 is 24.0 Å². The van der Waals surface area contributed by atoms with Gasteiger partial charge in [-0.2, -0.15) is 0 Å². The van der Waals surface area contributed by atoms with Gasteiger partial charge in [0.15, 0.2) is 0 Å². The fourth-order valence-electron chi connectivity index (χ4n) is 5.17. The van der Waals surface area contributed by atoms with Crippen molar-refractivity contribution in [3.8, 4) is 5.75 Å². The fraction of sp³-hybridized carbons (Fsp3) is 0.321. The van der Waals surface area contributed by atoms with Gasteiger partial charge in [0.2, 0.25) is 5.91 Å². The number of piperidine rings is 1. The number of rotatable bonds is 6. The number of aromatic nitrogens is 1. The molecule has 0 saturated carbocycles. The van der Waals surface area contributed by atoms with Gasteiger partial charge in [0.1, 0.15) is 15.3 Å². The van der Waals surface area contributed by atoms with Crippen LogP contribution in [0, 0.1) is 5.92 Å². The van der Waals surface area contributed by atoms with Crippen molar-refractivity contribution in [2.75, 3.05) is 25.0 Å². The predicted molar refractivity (Wildman–Crippen MR) is 149 cm³/mol. The highest BCUT2D eigenvalue weighted by Crippen LogP contribution is 2.39. The number of amides is 1. The molecule has 1 fully saturated rings. The van der Waals surface area contributed by atoms with Crippen molar-refractivity contribution in [1.29, 1.82) is 0 Å². The average molecular weight is 520 g/mol. The zero-order chi connectivity index (χ0) is 25.1. The van der Waals surface area contributed by atoms with Gasteiger partial charge in [0.05, 0.1) is 12.3 Å². The van der Waals surface area contributed by atoms with Crippen molar-refractivity contribution in [1.82, 2.24) is 9.47 Å². The summed E-state index contributed by atoms with van der Waals surface area (Å²) < 4.78 is 8.33. The zero-order valence-electron chi connectivity index (χ0n) is 20.1. The smallest absolute Gasteiger partial charge is 0.250 e. The third kappa shape index (κ3) is 5.20. The molecule has 0 aliphatic carbocycles. The van der Waals surface area contributed by atoms with E-state index in [0.29, 0.717) is 34.8 Å². The maximum absolute atomic E-state index is 13.6. The molecule has 2 bridgehead atoms. The van der Waals surface area contributed by atoms with E-state index in [4.69, 9.17) is 17.0 Å². The van der Waals surface area contributed by atoms with Gasteiger partial charge in [-0.3, -0.25) is 9.59 Å². The van der Waals surface area contributed by atoms with Crippen LogP contribution in [0.1, 0.15) is 35.8 Å². The Hall–Kier alpha value is -3.10. The maximum atomic E-state index is 13.6. The number of nitrogens with zero attached hydrogens (tertiary/aromatic N) is 2. The van der Waals surface area contributed by atoms with Crippen molar-refractivity contribution >= 4 is 39.9 Å².